The third-order valence-corrected chi connectivity index (χ3v) is 4.60. The number of aromatic nitrogens is 1. The van der Waals surface area contributed by atoms with E-state index in [4.69, 9.17) is 10.7 Å². The van der Waals surface area contributed by atoms with Gasteiger partial charge in [0.05, 0.1) is 11.7 Å². The minimum atomic E-state index is 0.0164. The molecule has 3 rings (SSSR count). The van der Waals surface area contributed by atoms with E-state index < -0.39 is 0 Å². The molecule has 2 atom stereocenters. The summed E-state index contributed by atoms with van der Waals surface area (Å²) in [4.78, 5) is 4.71. The Hall–Kier alpha value is -1.23. The zero-order chi connectivity index (χ0) is 13.1. The van der Waals surface area contributed by atoms with Crippen LogP contribution in [-0.2, 0) is 0 Å². The minimum absolute atomic E-state index is 0.0164. The van der Waals surface area contributed by atoms with Gasteiger partial charge in [-0.2, -0.15) is 0 Å². The first-order chi connectivity index (χ1) is 9.34. The standard InChI is InChI=1S/C15H19N3S/c16-14(12-8-4-5-9-17-12)15-18-13(10-19-15)11-6-2-1-3-7-11/h1-3,6-7,10,12,14,17H,4-5,8-9,16H2. The van der Waals surface area contributed by atoms with Gasteiger partial charge in [0.15, 0.2) is 0 Å². The van der Waals surface area contributed by atoms with E-state index in [0.29, 0.717) is 6.04 Å². The average Bonchev–Trinajstić information content (AvgIpc) is 2.98. The molecule has 1 aromatic heterocycles. The number of thiazole rings is 1. The fourth-order valence-corrected chi connectivity index (χ4v) is 3.43. The van der Waals surface area contributed by atoms with Gasteiger partial charge in [-0.1, -0.05) is 36.8 Å². The molecule has 2 aromatic rings. The van der Waals surface area contributed by atoms with Crippen molar-refractivity contribution in [1.29, 1.82) is 0 Å². The monoisotopic (exact) mass is 273 g/mol. The summed E-state index contributed by atoms with van der Waals surface area (Å²) in [6.07, 6.45) is 3.68. The van der Waals surface area contributed by atoms with Gasteiger partial charge in [-0.3, -0.25) is 0 Å². The van der Waals surface area contributed by atoms with Gasteiger partial charge in [0, 0.05) is 17.0 Å². The van der Waals surface area contributed by atoms with E-state index in [1.165, 1.54) is 12.8 Å². The molecule has 0 radical (unpaired) electrons. The van der Waals surface area contributed by atoms with Gasteiger partial charge in [0.1, 0.15) is 5.01 Å². The Labute approximate surface area is 117 Å². The molecular weight excluding hydrogens is 254 g/mol. The molecule has 3 nitrogen and oxygen atoms in total. The molecule has 19 heavy (non-hydrogen) atoms. The van der Waals surface area contributed by atoms with Crippen LogP contribution in [0.2, 0.25) is 0 Å². The van der Waals surface area contributed by atoms with Crippen LogP contribution in [0.3, 0.4) is 0 Å². The second-order valence-electron chi connectivity index (χ2n) is 5.02. The van der Waals surface area contributed by atoms with Crippen LogP contribution < -0.4 is 11.1 Å². The Morgan fingerprint density at radius 2 is 2.11 bits per heavy atom. The Morgan fingerprint density at radius 3 is 2.84 bits per heavy atom. The largest absolute Gasteiger partial charge is 0.321 e. The molecule has 1 aromatic carbocycles. The van der Waals surface area contributed by atoms with Crippen molar-refractivity contribution >= 4 is 11.3 Å². The van der Waals surface area contributed by atoms with Gasteiger partial charge in [0.25, 0.3) is 0 Å². The highest BCUT2D eigenvalue weighted by molar-refractivity contribution is 7.10. The van der Waals surface area contributed by atoms with Gasteiger partial charge in [0.2, 0.25) is 0 Å². The van der Waals surface area contributed by atoms with Crippen LogP contribution in [0.1, 0.15) is 30.3 Å². The van der Waals surface area contributed by atoms with Gasteiger partial charge >= 0.3 is 0 Å². The number of hydrogen-bond acceptors (Lipinski definition) is 4. The quantitative estimate of drug-likeness (QED) is 0.904. The van der Waals surface area contributed by atoms with Crippen molar-refractivity contribution < 1.29 is 0 Å². The summed E-state index contributed by atoms with van der Waals surface area (Å²) in [5, 5.41) is 6.65. The normalized spacial score (nSPS) is 21.2. The molecular formula is C15H19N3S. The smallest absolute Gasteiger partial charge is 0.112 e. The molecule has 2 heterocycles. The summed E-state index contributed by atoms with van der Waals surface area (Å²) >= 11 is 1.67. The van der Waals surface area contributed by atoms with Crippen molar-refractivity contribution in [2.24, 2.45) is 5.73 Å². The first-order valence-corrected chi connectivity index (χ1v) is 7.72. The number of piperidine rings is 1. The van der Waals surface area contributed by atoms with Crippen molar-refractivity contribution in [3.63, 3.8) is 0 Å². The number of benzene rings is 1. The Kier molecular flexibility index (Phi) is 3.92. The Balaban J connectivity index is 1.77. The third-order valence-electron chi connectivity index (χ3n) is 3.66. The van der Waals surface area contributed by atoms with E-state index in [9.17, 15) is 0 Å². The second kappa shape index (κ2) is 5.82. The van der Waals surface area contributed by atoms with E-state index in [0.717, 1.165) is 29.2 Å². The molecule has 1 fully saturated rings. The molecule has 0 aliphatic carbocycles. The molecule has 0 spiro atoms. The zero-order valence-electron chi connectivity index (χ0n) is 10.9. The lowest BCUT2D eigenvalue weighted by molar-refractivity contribution is 0.353. The molecule has 3 N–H and O–H groups in total. The van der Waals surface area contributed by atoms with E-state index in [1.54, 1.807) is 11.3 Å². The van der Waals surface area contributed by atoms with Crippen molar-refractivity contribution in [3.8, 4) is 11.3 Å². The molecule has 100 valence electrons. The number of nitrogens with one attached hydrogen (secondary N) is 1. The Morgan fingerprint density at radius 1 is 1.26 bits per heavy atom. The predicted octanol–water partition coefficient (Wildman–Crippen LogP) is 2.95. The summed E-state index contributed by atoms with van der Waals surface area (Å²) in [5.74, 6) is 0. The first kappa shape index (κ1) is 12.8. The van der Waals surface area contributed by atoms with Crippen LogP contribution >= 0.6 is 11.3 Å². The Bertz CT molecular complexity index is 517. The topological polar surface area (TPSA) is 50.9 Å². The number of hydrogen-bond donors (Lipinski definition) is 2. The zero-order valence-corrected chi connectivity index (χ0v) is 11.7. The third kappa shape index (κ3) is 2.86. The minimum Gasteiger partial charge on any atom is -0.321 e. The van der Waals surface area contributed by atoms with Gasteiger partial charge in [-0.05, 0) is 19.4 Å². The van der Waals surface area contributed by atoms with E-state index in [2.05, 4.69) is 22.8 Å². The number of nitrogens with two attached hydrogens (primary N) is 1. The summed E-state index contributed by atoms with van der Waals surface area (Å²) in [5.41, 5.74) is 8.54. The molecule has 1 aliphatic heterocycles. The second-order valence-corrected chi connectivity index (χ2v) is 5.91. The number of rotatable bonds is 3. The van der Waals surface area contributed by atoms with Crippen LogP contribution in [0.4, 0.5) is 0 Å². The highest BCUT2D eigenvalue weighted by Crippen LogP contribution is 2.27. The molecule has 2 unspecified atom stereocenters. The fourth-order valence-electron chi connectivity index (χ4n) is 2.54. The summed E-state index contributed by atoms with van der Waals surface area (Å²) in [6.45, 7) is 1.08. The van der Waals surface area contributed by atoms with Crippen LogP contribution in [0.15, 0.2) is 35.7 Å². The van der Waals surface area contributed by atoms with Crippen LogP contribution in [0.5, 0.6) is 0 Å². The molecule has 1 saturated heterocycles. The summed E-state index contributed by atoms with van der Waals surface area (Å²) < 4.78 is 0. The van der Waals surface area contributed by atoms with Crippen LogP contribution in [0, 0.1) is 0 Å². The predicted molar refractivity (Wildman–Crippen MR) is 80.1 cm³/mol. The van der Waals surface area contributed by atoms with Crippen molar-refractivity contribution in [1.82, 2.24) is 10.3 Å². The maximum absolute atomic E-state index is 6.35. The lowest BCUT2D eigenvalue weighted by Crippen LogP contribution is -2.42. The molecule has 4 heteroatoms. The van der Waals surface area contributed by atoms with E-state index >= 15 is 0 Å². The molecule has 1 aliphatic rings. The first-order valence-electron chi connectivity index (χ1n) is 6.84. The SMILES string of the molecule is NC(c1nc(-c2ccccc2)cs1)C1CCCCN1. The number of nitrogens with zero attached hydrogens (tertiary/aromatic N) is 1. The van der Waals surface area contributed by atoms with Crippen LogP contribution in [-0.4, -0.2) is 17.6 Å². The molecule has 0 amide bonds. The van der Waals surface area contributed by atoms with Crippen molar-refractivity contribution in [2.75, 3.05) is 6.54 Å². The van der Waals surface area contributed by atoms with Gasteiger partial charge < -0.3 is 11.1 Å². The maximum Gasteiger partial charge on any atom is 0.112 e. The summed E-state index contributed by atoms with van der Waals surface area (Å²) in [6, 6.07) is 10.7. The fraction of sp³-hybridized carbons (Fsp3) is 0.400. The molecule has 0 saturated carbocycles. The highest BCUT2D eigenvalue weighted by Gasteiger charge is 2.23. The van der Waals surface area contributed by atoms with Gasteiger partial charge in [-0.25, -0.2) is 4.98 Å². The lowest BCUT2D eigenvalue weighted by atomic mass is 9.99. The average molecular weight is 273 g/mol. The van der Waals surface area contributed by atoms with Crippen molar-refractivity contribution in [2.45, 2.75) is 31.3 Å². The summed E-state index contributed by atoms with van der Waals surface area (Å²) in [7, 11) is 0. The van der Waals surface area contributed by atoms with Crippen molar-refractivity contribution in [3.05, 3.63) is 40.7 Å². The van der Waals surface area contributed by atoms with E-state index in [-0.39, 0.29) is 6.04 Å². The maximum atomic E-state index is 6.35. The highest BCUT2D eigenvalue weighted by atomic mass is 32.1. The van der Waals surface area contributed by atoms with Gasteiger partial charge in [-0.15, -0.1) is 11.3 Å². The van der Waals surface area contributed by atoms with Crippen LogP contribution in [0.25, 0.3) is 11.3 Å². The lowest BCUT2D eigenvalue weighted by Gasteiger charge is -2.27. The van der Waals surface area contributed by atoms with E-state index in [1.807, 2.05) is 18.2 Å². The molecule has 0 bridgehead atoms.